The smallest absolute Gasteiger partial charge is 0.247 e. The van der Waals surface area contributed by atoms with Crippen LogP contribution in [0.4, 0.5) is 11.5 Å². The van der Waals surface area contributed by atoms with E-state index < -0.39 is 0 Å². The van der Waals surface area contributed by atoms with Crippen LogP contribution in [-0.4, -0.2) is 24.1 Å². The molecule has 0 spiro atoms. The monoisotopic (exact) mass is 517 g/mol. The molecule has 4 rings (SSSR count). The number of likely N-dealkylation sites (N-methyl/N-ethyl adjacent to an activating group) is 1. The summed E-state index contributed by atoms with van der Waals surface area (Å²) in [6.45, 7) is 5.61. The second-order valence-corrected chi connectivity index (χ2v) is 9.50. The zero-order valence-electron chi connectivity index (χ0n) is 22.4. The number of allylic oxidation sites excluding steroid dienone is 1. The molecule has 1 aromatic heterocycles. The number of aromatic nitrogens is 1. The Bertz CT molecular complexity index is 1440. The van der Waals surface area contributed by atoms with Gasteiger partial charge >= 0.3 is 0 Å². The molecule has 0 aliphatic carbocycles. The number of carbonyl (C=O) groups is 1. The highest BCUT2D eigenvalue weighted by Crippen LogP contribution is 2.26. The quantitative estimate of drug-likeness (QED) is 0.149. The first-order chi connectivity index (χ1) is 18.9. The average molecular weight is 518 g/mol. The molecule has 6 heteroatoms. The number of carbonyl (C=O) groups excluding carboxylic acids is 1. The summed E-state index contributed by atoms with van der Waals surface area (Å²) in [5.74, 6) is 0.463. The third-order valence-electron chi connectivity index (χ3n) is 6.27. The van der Waals surface area contributed by atoms with Crippen LogP contribution in [0.3, 0.4) is 0 Å². The van der Waals surface area contributed by atoms with Gasteiger partial charge in [0.25, 0.3) is 0 Å². The molecular formula is C33H35N5O. The minimum absolute atomic E-state index is 0.221. The molecule has 0 saturated heterocycles. The van der Waals surface area contributed by atoms with E-state index in [1.54, 1.807) is 0 Å². The van der Waals surface area contributed by atoms with Crippen LogP contribution in [0.25, 0.3) is 11.3 Å². The van der Waals surface area contributed by atoms with Crippen LogP contribution in [0.5, 0.6) is 0 Å². The number of amides is 1. The van der Waals surface area contributed by atoms with Gasteiger partial charge < -0.3 is 16.4 Å². The number of rotatable bonds is 11. The summed E-state index contributed by atoms with van der Waals surface area (Å²) in [5, 5.41) is 9.59. The Morgan fingerprint density at radius 3 is 2.44 bits per heavy atom. The lowest BCUT2D eigenvalue weighted by Crippen LogP contribution is -2.33. The van der Waals surface area contributed by atoms with Crippen LogP contribution in [0.15, 0.2) is 115 Å². The van der Waals surface area contributed by atoms with Crippen LogP contribution in [-0.2, 0) is 17.6 Å². The van der Waals surface area contributed by atoms with Crippen molar-refractivity contribution < 1.29 is 4.79 Å². The van der Waals surface area contributed by atoms with Crippen molar-refractivity contribution in [2.45, 2.75) is 25.9 Å². The molecule has 0 saturated carbocycles. The van der Waals surface area contributed by atoms with E-state index in [9.17, 15) is 4.79 Å². The summed E-state index contributed by atoms with van der Waals surface area (Å²) in [6, 6.07) is 30.5. The highest BCUT2D eigenvalue weighted by Gasteiger charge is 2.11. The number of anilines is 2. The lowest BCUT2D eigenvalue weighted by molar-refractivity contribution is -0.111. The Morgan fingerprint density at radius 1 is 0.949 bits per heavy atom. The van der Waals surface area contributed by atoms with Crippen molar-refractivity contribution in [1.29, 1.82) is 0 Å². The first kappa shape index (κ1) is 27.4. The zero-order valence-corrected chi connectivity index (χ0v) is 22.4. The molecule has 198 valence electrons. The Morgan fingerprint density at radius 2 is 1.72 bits per heavy atom. The molecule has 3 aromatic carbocycles. The van der Waals surface area contributed by atoms with E-state index in [0.29, 0.717) is 12.1 Å². The average Bonchev–Trinajstić information content (AvgIpc) is 2.94. The number of aryl methyl sites for hydroxylation is 1. The van der Waals surface area contributed by atoms with Gasteiger partial charge in [-0.05, 0) is 73.5 Å². The molecule has 1 amide bonds. The lowest BCUT2D eigenvalue weighted by atomic mass is 10.0. The number of nitrogens with one attached hydrogen (secondary N) is 3. The maximum atomic E-state index is 11.8. The minimum atomic E-state index is -0.257. The van der Waals surface area contributed by atoms with Gasteiger partial charge in [-0.25, -0.2) is 4.98 Å². The molecule has 6 nitrogen and oxygen atoms in total. The summed E-state index contributed by atoms with van der Waals surface area (Å²) in [5.41, 5.74) is 14.3. The maximum Gasteiger partial charge on any atom is 0.247 e. The summed E-state index contributed by atoms with van der Waals surface area (Å²) < 4.78 is 0. The van der Waals surface area contributed by atoms with Crippen LogP contribution in [0.1, 0.15) is 22.3 Å². The van der Waals surface area contributed by atoms with E-state index in [4.69, 9.17) is 10.7 Å². The molecule has 4 aromatic rings. The Labute approximate surface area is 230 Å². The van der Waals surface area contributed by atoms with Gasteiger partial charge in [0.2, 0.25) is 5.91 Å². The molecule has 0 aliphatic heterocycles. The molecule has 0 radical (unpaired) electrons. The van der Waals surface area contributed by atoms with Gasteiger partial charge in [-0.1, -0.05) is 78.9 Å². The van der Waals surface area contributed by atoms with Gasteiger partial charge in [0, 0.05) is 23.4 Å². The largest absolute Gasteiger partial charge is 0.402 e. The van der Waals surface area contributed by atoms with Crippen LogP contribution < -0.4 is 21.7 Å². The van der Waals surface area contributed by atoms with Crippen molar-refractivity contribution in [2.24, 2.45) is 5.73 Å². The summed E-state index contributed by atoms with van der Waals surface area (Å²) in [7, 11) is 1.88. The zero-order chi connectivity index (χ0) is 27.6. The fourth-order valence-corrected chi connectivity index (χ4v) is 4.26. The topological polar surface area (TPSA) is 92.1 Å². The molecule has 0 bridgehead atoms. The number of hydrogen-bond donors (Lipinski definition) is 4. The van der Waals surface area contributed by atoms with Crippen LogP contribution >= 0.6 is 0 Å². The van der Waals surface area contributed by atoms with Gasteiger partial charge in [0.05, 0.1) is 11.9 Å². The Hall–Kier alpha value is -4.68. The van der Waals surface area contributed by atoms with Gasteiger partial charge in [0.15, 0.2) is 0 Å². The van der Waals surface area contributed by atoms with Crippen molar-refractivity contribution in [3.8, 4) is 11.3 Å². The van der Waals surface area contributed by atoms with E-state index in [1.165, 1.54) is 17.2 Å². The fourth-order valence-electron chi connectivity index (χ4n) is 4.26. The second-order valence-electron chi connectivity index (χ2n) is 9.50. The first-order valence-electron chi connectivity index (χ1n) is 13.0. The standard InChI is InChI=1S/C33H35N5O/c1-4-33(39)36-29-12-8-11-27(21-29)30-19-26(17-24-9-6-5-7-10-24)20-32(37-30)38-31(35-3)22-28(34)18-25-15-13-23(2)14-16-25/h4-16,19-22,31,35H,1,17-18,34H2,2-3H3,(H,36,39)(H,37,38)/b28-22-. The second kappa shape index (κ2) is 13.2. The number of nitrogens with two attached hydrogens (primary N) is 1. The van der Waals surface area contributed by atoms with Crippen molar-refractivity contribution in [3.63, 3.8) is 0 Å². The van der Waals surface area contributed by atoms with Crippen molar-refractivity contribution in [3.05, 3.63) is 138 Å². The maximum absolute atomic E-state index is 11.8. The Balaban J connectivity index is 1.62. The highest BCUT2D eigenvalue weighted by atomic mass is 16.1. The van der Waals surface area contributed by atoms with Gasteiger partial charge in [-0.2, -0.15) is 0 Å². The number of nitrogens with zero attached hydrogens (tertiary/aromatic N) is 1. The SMILES string of the molecule is C=CC(=O)Nc1cccc(-c2cc(Cc3ccccc3)cc(NC(/C=C(\N)Cc3ccc(C)cc3)NC)n2)c1. The lowest BCUT2D eigenvalue weighted by Gasteiger charge is -2.18. The predicted molar refractivity (Wildman–Crippen MR) is 161 cm³/mol. The van der Waals surface area contributed by atoms with Gasteiger partial charge in [0.1, 0.15) is 5.82 Å². The third-order valence-corrected chi connectivity index (χ3v) is 6.27. The molecular weight excluding hydrogens is 482 g/mol. The van der Waals surface area contributed by atoms with Crippen LogP contribution in [0, 0.1) is 6.92 Å². The normalized spacial score (nSPS) is 12.0. The van der Waals surface area contributed by atoms with Gasteiger partial charge in [-0.15, -0.1) is 0 Å². The molecule has 1 unspecified atom stereocenters. The van der Waals surface area contributed by atoms with E-state index in [-0.39, 0.29) is 12.1 Å². The van der Waals surface area contributed by atoms with E-state index in [2.05, 4.69) is 78.0 Å². The fraction of sp³-hybridized carbons (Fsp3) is 0.152. The summed E-state index contributed by atoms with van der Waals surface area (Å²) >= 11 is 0. The van der Waals surface area contributed by atoms with Crippen molar-refractivity contribution >= 4 is 17.4 Å². The van der Waals surface area contributed by atoms with E-state index in [0.717, 1.165) is 40.3 Å². The molecule has 5 N–H and O–H groups in total. The van der Waals surface area contributed by atoms with E-state index in [1.807, 2.05) is 55.6 Å². The minimum Gasteiger partial charge on any atom is -0.402 e. The summed E-state index contributed by atoms with van der Waals surface area (Å²) in [4.78, 5) is 16.8. The third kappa shape index (κ3) is 8.15. The van der Waals surface area contributed by atoms with Gasteiger partial charge in [-0.3, -0.25) is 10.1 Å². The van der Waals surface area contributed by atoms with Crippen molar-refractivity contribution in [1.82, 2.24) is 10.3 Å². The van der Waals surface area contributed by atoms with Crippen molar-refractivity contribution in [2.75, 3.05) is 17.7 Å². The predicted octanol–water partition coefficient (Wildman–Crippen LogP) is 5.82. The summed E-state index contributed by atoms with van der Waals surface area (Å²) in [6.07, 6.45) is 4.43. The molecule has 0 aliphatic rings. The molecule has 1 heterocycles. The highest BCUT2D eigenvalue weighted by molar-refractivity contribution is 5.99. The van der Waals surface area contributed by atoms with E-state index >= 15 is 0 Å². The number of hydrogen-bond acceptors (Lipinski definition) is 5. The molecule has 1 atom stereocenters. The molecule has 0 fully saturated rings. The Kier molecular flexibility index (Phi) is 9.27. The van der Waals surface area contributed by atoms with Crippen LogP contribution in [0.2, 0.25) is 0 Å². The number of benzene rings is 3. The molecule has 39 heavy (non-hydrogen) atoms. The number of pyridine rings is 1. The first-order valence-corrected chi connectivity index (χ1v) is 13.0.